The van der Waals surface area contributed by atoms with Crippen molar-refractivity contribution < 1.29 is 18.1 Å². The Morgan fingerprint density at radius 2 is 1.65 bits per heavy atom. The second kappa shape index (κ2) is 4.97. The molecule has 0 saturated carbocycles. The van der Waals surface area contributed by atoms with E-state index in [1.807, 2.05) is 27.7 Å². The smallest absolute Gasteiger partial charge is 0.400 e. The van der Waals surface area contributed by atoms with Crippen LogP contribution in [0.5, 0.6) is 0 Å². The lowest BCUT2D eigenvalue weighted by molar-refractivity contribution is 0.00578. The normalized spacial score (nSPS) is 21.4. The average molecular weight is 280 g/mol. The largest absolute Gasteiger partial charge is 0.487 e. The first-order chi connectivity index (χ1) is 9.14. The summed E-state index contributed by atoms with van der Waals surface area (Å²) in [6.45, 7) is 9.48. The van der Waals surface area contributed by atoms with E-state index in [1.54, 1.807) is 12.9 Å². The van der Waals surface area contributed by atoms with E-state index in [0.717, 1.165) is 6.07 Å². The van der Waals surface area contributed by atoms with Crippen molar-refractivity contribution in [1.29, 1.82) is 0 Å². The van der Waals surface area contributed by atoms with Gasteiger partial charge in [0.1, 0.15) is 0 Å². The lowest BCUT2D eigenvalue weighted by Crippen LogP contribution is -2.41. The third-order valence-electron chi connectivity index (χ3n) is 4.03. The van der Waals surface area contributed by atoms with Crippen LogP contribution in [0.3, 0.4) is 0 Å². The molecule has 0 spiro atoms. The molecule has 2 rings (SSSR count). The van der Waals surface area contributed by atoms with Gasteiger partial charge in [0.05, 0.1) is 11.2 Å². The standard InChI is InChI=1S/C15H19BF2O2/c1-10(11-7-6-8-12(17)13(11)18)9-16-19-14(2,3)15(4,5)20-16/h6-9H,1-5H3/b10-9-. The Hall–Kier alpha value is -1.20. The number of rotatable bonds is 2. The first-order valence-electron chi connectivity index (χ1n) is 6.62. The predicted molar refractivity (Wildman–Crippen MR) is 76.1 cm³/mol. The van der Waals surface area contributed by atoms with Gasteiger partial charge >= 0.3 is 7.12 Å². The van der Waals surface area contributed by atoms with Crippen LogP contribution in [0.15, 0.2) is 24.2 Å². The zero-order chi connectivity index (χ0) is 15.1. The van der Waals surface area contributed by atoms with Gasteiger partial charge < -0.3 is 9.31 Å². The van der Waals surface area contributed by atoms with E-state index in [4.69, 9.17) is 9.31 Å². The van der Waals surface area contributed by atoms with E-state index in [0.29, 0.717) is 5.57 Å². The predicted octanol–water partition coefficient (Wildman–Crippen LogP) is 4.00. The fraction of sp³-hybridized carbons (Fsp3) is 0.467. The molecule has 2 nitrogen and oxygen atoms in total. The minimum atomic E-state index is -0.857. The highest BCUT2D eigenvalue weighted by molar-refractivity contribution is 6.53. The molecule has 1 fully saturated rings. The molecule has 108 valence electrons. The summed E-state index contributed by atoms with van der Waals surface area (Å²) in [5.74, 6) is -0.0316. The molecule has 1 aromatic carbocycles. The number of hydrogen-bond acceptors (Lipinski definition) is 2. The molecule has 0 N–H and O–H groups in total. The van der Waals surface area contributed by atoms with E-state index in [9.17, 15) is 8.78 Å². The maximum atomic E-state index is 13.7. The van der Waals surface area contributed by atoms with E-state index in [1.165, 1.54) is 12.1 Å². The van der Waals surface area contributed by atoms with Crippen LogP contribution in [0.1, 0.15) is 40.2 Å². The SMILES string of the molecule is C/C(=C/B1OC(C)(C)C(C)(C)O1)c1cccc(F)c1F. The monoisotopic (exact) mass is 280 g/mol. The summed E-state index contributed by atoms with van der Waals surface area (Å²) in [6.07, 6.45) is 0. The van der Waals surface area contributed by atoms with Gasteiger partial charge in [-0.15, -0.1) is 0 Å². The van der Waals surface area contributed by atoms with Gasteiger partial charge in [-0.05, 0) is 46.3 Å². The Labute approximate surface area is 118 Å². The zero-order valence-electron chi connectivity index (χ0n) is 12.5. The van der Waals surface area contributed by atoms with Crippen molar-refractivity contribution in [1.82, 2.24) is 0 Å². The number of halogens is 2. The van der Waals surface area contributed by atoms with Crippen molar-refractivity contribution in [2.24, 2.45) is 0 Å². The average Bonchev–Trinajstić information content (AvgIpc) is 2.50. The molecule has 5 heteroatoms. The van der Waals surface area contributed by atoms with Gasteiger partial charge in [0.15, 0.2) is 11.6 Å². The van der Waals surface area contributed by atoms with E-state index in [2.05, 4.69) is 0 Å². The van der Waals surface area contributed by atoms with E-state index in [-0.39, 0.29) is 5.56 Å². The van der Waals surface area contributed by atoms with Gasteiger partial charge in [0, 0.05) is 5.56 Å². The summed E-state index contributed by atoms with van der Waals surface area (Å²) in [5.41, 5.74) is -0.0932. The summed E-state index contributed by atoms with van der Waals surface area (Å²) in [7, 11) is -0.567. The molecule has 1 aliphatic heterocycles. The highest BCUT2D eigenvalue weighted by atomic mass is 19.2. The fourth-order valence-corrected chi connectivity index (χ4v) is 2.06. The van der Waals surface area contributed by atoms with Crippen LogP contribution < -0.4 is 0 Å². The second-order valence-electron chi connectivity index (χ2n) is 6.08. The van der Waals surface area contributed by atoms with E-state index >= 15 is 0 Å². The third kappa shape index (κ3) is 2.65. The highest BCUT2D eigenvalue weighted by Gasteiger charge is 2.50. The van der Waals surface area contributed by atoms with Crippen LogP contribution in [0.25, 0.3) is 5.57 Å². The van der Waals surface area contributed by atoms with Gasteiger partial charge in [-0.3, -0.25) is 0 Å². The zero-order valence-corrected chi connectivity index (χ0v) is 12.5. The summed E-state index contributed by atoms with van der Waals surface area (Å²) < 4.78 is 38.6. The Bertz CT molecular complexity index is 537. The molecule has 0 unspecified atom stereocenters. The summed E-state index contributed by atoms with van der Waals surface area (Å²) >= 11 is 0. The first kappa shape index (κ1) is 15.2. The van der Waals surface area contributed by atoms with Crippen LogP contribution in [-0.4, -0.2) is 18.3 Å². The molecule has 1 aromatic rings. The van der Waals surface area contributed by atoms with Gasteiger partial charge in [-0.2, -0.15) is 0 Å². The van der Waals surface area contributed by atoms with Crippen LogP contribution >= 0.6 is 0 Å². The summed E-state index contributed by atoms with van der Waals surface area (Å²) in [5, 5.41) is 0. The Morgan fingerprint density at radius 3 is 2.20 bits per heavy atom. The van der Waals surface area contributed by atoms with Crippen molar-refractivity contribution >= 4 is 12.7 Å². The van der Waals surface area contributed by atoms with Crippen molar-refractivity contribution in [3.63, 3.8) is 0 Å². The second-order valence-corrected chi connectivity index (χ2v) is 6.08. The minimum absolute atomic E-state index is 0.222. The van der Waals surface area contributed by atoms with Crippen LogP contribution in [0.4, 0.5) is 8.78 Å². The third-order valence-corrected chi connectivity index (χ3v) is 4.03. The van der Waals surface area contributed by atoms with Crippen LogP contribution in [0.2, 0.25) is 0 Å². The van der Waals surface area contributed by atoms with Gasteiger partial charge in [0.2, 0.25) is 0 Å². The Balaban J connectivity index is 2.27. The van der Waals surface area contributed by atoms with Crippen molar-refractivity contribution in [3.8, 4) is 0 Å². The molecular formula is C15H19BF2O2. The first-order valence-corrected chi connectivity index (χ1v) is 6.62. The molecule has 1 saturated heterocycles. The Kier molecular flexibility index (Phi) is 3.78. The molecule has 0 aliphatic carbocycles. The molecule has 1 aliphatic rings. The lowest BCUT2D eigenvalue weighted by atomic mass is 9.85. The quantitative estimate of drug-likeness (QED) is 0.762. The molecular weight excluding hydrogens is 261 g/mol. The van der Waals surface area contributed by atoms with Crippen molar-refractivity contribution in [2.45, 2.75) is 45.8 Å². The van der Waals surface area contributed by atoms with Crippen molar-refractivity contribution in [3.05, 3.63) is 41.4 Å². The number of allylic oxidation sites excluding steroid dienone is 1. The molecule has 0 atom stereocenters. The van der Waals surface area contributed by atoms with Gasteiger partial charge in [-0.25, -0.2) is 8.78 Å². The molecule has 0 aromatic heterocycles. The molecule has 0 amide bonds. The van der Waals surface area contributed by atoms with Gasteiger partial charge in [0.25, 0.3) is 0 Å². The topological polar surface area (TPSA) is 18.5 Å². The fourth-order valence-electron chi connectivity index (χ4n) is 2.06. The molecule has 0 bridgehead atoms. The maximum Gasteiger partial charge on any atom is 0.487 e. The van der Waals surface area contributed by atoms with Crippen LogP contribution in [-0.2, 0) is 9.31 Å². The lowest BCUT2D eigenvalue weighted by Gasteiger charge is -2.32. The molecule has 0 radical (unpaired) electrons. The van der Waals surface area contributed by atoms with Crippen molar-refractivity contribution in [2.75, 3.05) is 0 Å². The van der Waals surface area contributed by atoms with Gasteiger partial charge in [-0.1, -0.05) is 18.1 Å². The Morgan fingerprint density at radius 1 is 1.10 bits per heavy atom. The minimum Gasteiger partial charge on any atom is -0.400 e. The maximum absolute atomic E-state index is 13.7. The molecule has 1 heterocycles. The summed E-state index contributed by atoms with van der Waals surface area (Å²) in [6, 6.07) is 4.12. The van der Waals surface area contributed by atoms with Crippen LogP contribution in [0, 0.1) is 11.6 Å². The summed E-state index contributed by atoms with van der Waals surface area (Å²) in [4.78, 5) is 0. The molecule has 20 heavy (non-hydrogen) atoms. The van der Waals surface area contributed by atoms with E-state index < -0.39 is 30.0 Å². The number of hydrogen-bond donors (Lipinski definition) is 0. The number of benzene rings is 1. The highest BCUT2D eigenvalue weighted by Crippen LogP contribution is 2.37.